The molecule has 0 spiro atoms. The van der Waals surface area contributed by atoms with Gasteiger partial charge in [0.2, 0.25) is 0 Å². The van der Waals surface area contributed by atoms with E-state index in [0.29, 0.717) is 5.92 Å². The normalized spacial score (nSPS) is 21.0. The maximum absolute atomic E-state index is 12.5. The highest BCUT2D eigenvalue weighted by molar-refractivity contribution is 5.77. The van der Waals surface area contributed by atoms with E-state index in [1.54, 1.807) is 0 Å². The van der Waals surface area contributed by atoms with Crippen molar-refractivity contribution in [3.8, 4) is 0 Å². The first-order chi connectivity index (χ1) is 13.0. The summed E-state index contributed by atoms with van der Waals surface area (Å²) in [6.07, 6.45) is 4.15. The summed E-state index contributed by atoms with van der Waals surface area (Å²) in [6.45, 7) is 2.90. The van der Waals surface area contributed by atoms with Crippen molar-refractivity contribution in [2.75, 3.05) is 14.1 Å². The fourth-order valence-corrected chi connectivity index (χ4v) is 3.92. The molecular weight excluding hydrogens is 334 g/mol. The third-order valence-corrected chi connectivity index (χ3v) is 5.56. The lowest BCUT2D eigenvalue weighted by Crippen LogP contribution is -2.26. The van der Waals surface area contributed by atoms with E-state index in [2.05, 4.69) is 43.3 Å². The Balaban J connectivity index is 1.49. The highest BCUT2D eigenvalue weighted by Crippen LogP contribution is 2.34. The molecule has 3 rings (SSSR count). The first kappa shape index (κ1) is 19.6. The third-order valence-electron chi connectivity index (χ3n) is 5.56. The molecule has 0 radical (unpaired) electrons. The molecule has 2 aromatic rings. The van der Waals surface area contributed by atoms with Gasteiger partial charge >= 0.3 is 5.97 Å². The van der Waals surface area contributed by atoms with Crippen LogP contribution in [0.3, 0.4) is 0 Å². The molecule has 0 saturated heterocycles. The first-order valence-electron chi connectivity index (χ1n) is 10.0. The van der Waals surface area contributed by atoms with Gasteiger partial charge in [-0.3, -0.25) is 4.79 Å². The van der Waals surface area contributed by atoms with Crippen molar-refractivity contribution >= 4 is 5.97 Å². The van der Waals surface area contributed by atoms with E-state index in [4.69, 9.17) is 4.74 Å². The van der Waals surface area contributed by atoms with Crippen molar-refractivity contribution in [2.45, 2.75) is 57.1 Å². The third kappa shape index (κ3) is 5.43. The molecule has 3 heteroatoms. The van der Waals surface area contributed by atoms with Gasteiger partial charge in [-0.2, -0.15) is 0 Å². The molecule has 0 heterocycles. The van der Waals surface area contributed by atoms with Crippen LogP contribution in [0.2, 0.25) is 0 Å². The van der Waals surface area contributed by atoms with E-state index in [1.165, 1.54) is 11.1 Å². The Hall–Kier alpha value is -2.13. The standard InChI is InChI=1S/C24H31NO2/c1-18(20-7-5-4-6-8-20)24(26)27-23-15-13-22(14-16-23)21-11-9-19(10-12-21)17-25(2)3/h4-12,18,22-23H,13-17H2,1-3H3. The van der Waals surface area contributed by atoms with Crippen LogP contribution in [0.15, 0.2) is 54.6 Å². The van der Waals surface area contributed by atoms with Gasteiger partial charge in [0.1, 0.15) is 6.10 Å². The summed E-state index contributed by atoms with van der Waals surface area (Å²) in [5.74, 6) is 0.283. The second-order valence-electron chi connectivity index (χ2n) is 8.02. The number of carbonyl (C=O) groups excluding carboxylic acids is 1. The van der Waals surface area contributed by atoms with Crippen LogP contribution in [0.4, 0.5) is 0 Å². The van der Waals surface area contributed by atoms with Crippen molar-refractivity contribution in [1.29, 1.82) is 0 Å². The zero-order valence-electron chi connectivity index (χ0n) is 16.7. The van der Waals surface area contributed by atoms with Crippen LogP contribution in [0, 0.1) is 0 Å². The van der Waals surface area contributed by atoms with Crippen molar-refractivity contribution in [3.63, 3.8) is 0 Å². The Kier molecular flexibility index (Phi) is 6.68. The number of ether oxygens (including phenoxy) is 1. The van der Waals surface area contributed by atoms with Gasteiger partial charge in [0.15, 0.2) is 0 Å². The molecule has 0 bridgehead atoms. The molecule has 3 nitrogen and oxygen atoms in total. The number of esters is 1. The molecule has 1 aliphatic carbocycles. The number of nitrogens with zero attached hydrogens (tertiary/aromatic N) is 1. The molecule has 2 aromatic carbocycles. The van der Waals surface area contributed by atoms with Crippen LogP contribution >= 0.6 is 0 Å². The van der Waals surface area contributed by atoms with E-state index in [9.17, 15) is 4.79 Å². The van der Waals surface area contributed by atoms with Gasteiger partial charge in [-0.25, -0.2) is 0 Å². The quantitative estimate of drug-likeness (QED) is 0.665. The highest BCUT2D eigenvalue weighted by atomic mass is 16.5. The van der Waals surface area contributed by atoms with E-state index in [0.717, 1.165) is 37.8 Å². The molecular formula is C24H31NO2. The van der Waals surface area contributed by atoms with Crippen LogP contribution in [0.25, 0.3) is 0 Å². The highest BCUT2D eigenvalue weighted by Gasteiger charge is 2.27. The van der Waals surface area contributed by atoms with Crippen LogP contribution in [0.5, 0.6) is 0 Å². The lowest BCUT2D eigenvalue weighted by Gasteiger charge is -2.29. The van der Waals surface area contributed by atoms with Crippen LogP contribution in [-0.4, -0.2) is 31.1 Å². The monoisotopic (exact) mass is 365 g/mol. The minimum atomic E-state index is -0.201. The van der Waals surface area contributed by atoms with Crippen LogP contribution in [0.1, 0.15) is 61.1 Å². The molecule has 0 aliphatic heterocycles. The molecule has 1 aliphatic rings. The zero-order chi connectivity index (χ0) is 19.2. The molecule has 0 N–H and O–H groups in total. The summed E-state index contributed by atoms with van der Waals surface area (Å²) < 4.78 is 5.81. The second-order valence-corrected chi connectivity index (χ2v) is 8.02. The Morgan fingerprint density at radius 2 is 1.63 bits per heavy atom. The van der Waals surface area contributed by atoms with Crippen molar-refractivity contribution in [3.05, 3.63) is 71.3 Å². The van der Waals surface area contributed by atoms with Gasteiger partial charge in [0.05, 0.1) is 5.92 Å². The number of rotatable bonds is 6. The minimum absolute atomic E-state index is 0.0629. The van der Waals surface area contributed by atoms with Crippen LogP contribution < -0.4 is 0 Å². The molecule has 1 saturated carbocycles. The summed E-state index contributed by atoms with van der Waals surface area (Å²) in [5.41, 5.74) is 3.79. The maximum Gasteiger partial charge on any atom is 0.313 e. The topological polar surface area (TPSA) is 29.5 Å². The largest absolute Gasteiger partial charge is 0.462 e. The smallest absolute Gasteiger partial charge is 0.313 e. The number of hydrogen-bond donors (Lipinski definition) is 0. The van der Waals surface area contributed by atoms with E-state index in [-0.39, 0.29) is 18.0 Å². The van der Waals surface area contributed by atoms with Gasteiger partial charge in [-0.05, 0) is 69.3 Å². The first-order valence-corrected chi connectivity index (χ1v) is 10.0. The fraction of sp³-hybridized carbons (Fsp3) is 0.458. The van der Waals surface area contributed by atoms with E-state index >= 15 is 0 Å². The summed E-state index contributed by atoms with van der Waals surface area (Å²) >= 11 is 0. The molecule has 1 atom stereocenters. The molecule has 27 heavy (non-hydrogen) atoms. The van der Waals surface area contributed by atoms with Gasteiger partial charge < -0.3 is 9.64 Å². The Bertz CT molecular complexity index is 716. The zero-order valence-corrected chi connectivity index (χ0v) is 16.7. The average Bonchev–Trinajstić information content (AvgIpc) is 2.69. The predicted octanol–water partition coefficient (Wildman–Crippen LogP) is 5.12. The van der Waals surface area contributed by atoms with Crippen molar-refractivity contribution < 1.29 is 9.53 Å². The molecule has 1 fully saturated rings. The van der Waals surface area contributed by atoms with Gasteiger partial charge in [-0.15, -0.1) is 0 Å². The number of carbonyl (C=O) groups is 1. The van der Waals surface area contributed by atoms with Gasteiger partial charge in [0, 0.05) is 6.54 Å². The Morgan fingerprint density at radius 3 is 2.22 bits per heavy atom. The van der Waals surface area contributed by atoms with Crippen LogP contribution in [-0.2, 0) is 16.1 Å². The average molecular weight is 366 g/mol. The number of hydrogen-bond acceptors (Lipinski definition) is 3. The van der Waals surface area contributed by atoms with E-state index in [1.807, 2.05) is 37.3 Å². The minimum Gasteiger partial charge on any atom is -0.462 e. The molecule has 0 amide bonds. The summed E-state index contributed by atoms with van der Waals surface area (Å²) in [7, 11) is 4.18. The molecule has 144 valence electrons. The van der Waals surface area contributed by atoms with Crippen molar-refractivity contribution in [2.24, 2.45) is 0 Å². The van der Waals surface area contributed by atoms with Gasteiger partial charge in [-0.1, -0.05) is 54.6 Å². The number of benzene rings is 2. The predicted molar refractivity (Wildman–Crippen MR) is 110 cm³/mol. The Morgan fingerprint density at radius 1 is 1.00 bits per heavy atom. The second kappa shape index (κ2) is 9.18. The maximum atomic E-state index is 12.5. The molecule has 0 aromatic heterocycles. The van der Waals surface area contributed by atoms with Gasteiger partial charge in [0.25, 0.3) is 0 Å². The summed E-state index contributed by atoms with van der Waals surface area (Å²) in [4.78, 5) is 14.6. The lowest BCUT2D eigenvalue weighted by molar-refractivity contribution is -0.152. The molecule has 1 unspecified atom stereocenters. The van der Waals surface area contributed by atoms with Crippen molar-refractivity contribution in [1.82, 2.24) is 4.90 Å². The summed E-state index contributed by atoms with van der Waals surface area (Å²) in [6, 6.07) is 18.9. The Labute approximate surface area is 163 Å². The summed E-state index contributed by atoms with van der Waals surface area (Å²) in [5, 5.41) is 0. The SMILES string of the molecule is CC(C(=O)OC1CCC(c2ccc(CN(C)C)cc2)CC1)c1ccccc1. The fourth-order valence-electron chi connectivity index (χ4n) is 3.92. The van der Waals surface area contributed by atoms with E-state index < -0.39 is 0 Å². The lowest BCUT2D eigenvalue weighted by atomic mass is 9.82.